The van der Waals surface area contributed by atoms with Gasteiger partial charge in [0.15, 0.2) is 0 Å². The van der Waals surface area contributed by atoms with E-state index < -0.39 is 5.79 Å². The Morgan fingerprint density at radius 3 is 1.93 bits per heavy atom. The van der Waals surface area contributed by atoms with E-state index in [2.05, 4.69) is 29.2 Å². The molecule has 1 aliphatic rings. The Morgan fingerprint density at radius 2 is 1.36 bits per heavy atom. The molecule has 0 spiro atoms. The number of hydrogen-bond donors (Lipinski definition) is 1. The average Bonchev–Trinajstić information content (AvgIpc) is 2.76. The van der Waals surface area contributed by atoms with Gasteiger partial charge in [-0.25, -0.2) is 0 Å². The maximum Gasteiger partial charge on any atom is 0.220 e. The lowest BCUT2D eigenvalue weighted by atomic mass is 9.96. The first-order valence-electron chi connectivity index (χ1n) is 10.0. The van der Waals surface area contributed by atoms with Crippen molar-refractivity contribution in [3.63, 3.8) is 0 Å². The number of aliphatic hydroxyl groups is 1. The molecule has 4 rings (SSSR count). The zero-order valence-corrected chi connectivity index (χ0v) is 16.1. The summed E-state index contributed by atoms with van der Waals surface area (Å²) < 4.78 is 6.43. The molecule has 144 valence electrons. The molecule has 3 aromatic rings. The molecule has 1 aliphatic heterocycles. The molecule has 0 saturated carbocycles. The van der Waals surface area contributed by atoms with Crippen molar-refractivity contribution in [2.24, 2.45) is 0 Å². The molecule has 3 aromatic carbocycles. The minimum absolute atomic E-state index is 0.0251. The van der Waals surface area contributed by atoms with E-state index in [-0.39, 0.29) is 6.10 Å². The van der Waals surface area contributed by atoms with Gasteiger partial charge in [0.1, 0.15) is 0 Å². The number of hydrogen-bond acceptors (Lipinski definition) is 3. The summed E-state index contributed by atoms with van der Waals surface area (Å²) in [7, 11) is 0. The summed E-state index contributed by atoms with van der Waals surface area (Å²) in [4.78, 5) is 2.42. The van der Waals surface area contributed by atoms with Gasteiger partial charge in [-0.2, -0.15) is 0 Å². The highest BCUT2D eigenvalue weighted by atomic mass is 16.6. The van der Waals surface area contributed by atoms with Crippen LogP contribution in [-0.2, 0) is 17.1 Å². The van der Waals surface area contributed by atoms with Crippen LogP contribution in [-0.4, -0.2) is 29.2 Å². The number of ether oxygens (including phenoxy) is 1. The van der Waals surface area contributed by atoms with Crippen molar-refractivity contribution < 1.29 is 9.84 Å². The third-order valence-corrected chi connectivity index (χ3v) is 5.38. The molecule has 0 aliphatic carbocycles. The van der Waals surface area contributed by atoms with Crippen molar-refractivity contribution in [3.05, 3.63) is 108 Å². The van der Waals surface area contributed by atoms with Gasteiger partial charge in [-0.15, -0.1) is 0 Å². The predicted octanol–water partition coefficient (Wildman–Crippen LogP) is 4.56. The molecule has 0 aromatic heterocycles. The molecule has 0 bridgehead atoms. The quantitative estimate of drug-likeness (QED) is 0.643. The lowest BCUT2D eigenvalue weighted by Gasteiger charge is -2.38. The minimum Gasteiger partial charge on any atom is -0.358 e. The Bertz CT molecular complexity index is 812. The van der Waals surface area contributed by atoms with Crippen LogP contribution < -0.4 is 0 Å². The molecule has 1 unspecified atom stereocenters. The molecule has 1 saturated heterocycles. The van der Waals surface area contributed by atoms with Gasteiger partial charge >= 0.3 is 0 Å². The van der Waals surface area contributed by atoms with Crippen molar-refractivity contribution in [3.8, 4) is 0 Å². The van der Waals surface area contributed by atoms with E-state index in [0.29, 0.717) is 0 Å². The van der Waals surface area contributed by atoms with Gasteiger partial charge in [-0.3, -0.25) is 4.90 Å². The lowest BCUT2D eigenvalue weighted by Crippen LogP contribution is -2.44. The standard InChI is InChI=1S/C25H27NO2/c27-25(22-13-6-2-7-14-22,23-15-8-3-9-16-23)28-24-17-10-18-26(20-24)19-21-11-4-1-5-12-21/h1-9,11-16,24,27H,10,17-20H2. The van der Waals surface area contributed by atoms with Gasteiger partial charge < -0.3 is 9.84 Å². The van der Waals surface area contributed by atoms with Crippen LogP contribution in [0.4, 0.5) is 0 Å². The van der Waals surface area contributed by atoms with Crippen molar-refractivity contribution in [1.29, 1.82) is 0 Å². The van der Waals surface area contributed by atoms with Crippen LogP contribution >= 0.6 is 0 Å². The fraction of sp³-hybridized carbons (Fsp3) is 0.280. The summed E-state index contributed by atoms with van der Waals surface area (Å²) in [5.41, 5.74) is 2.84. The van der Waals surface area contributed by atoms with Crippen molar-refractivity contribution >= 4 is 0 Å². The van der Waals surface area contributed by atoms with E-state index in [1.54, 1.807) is 0 Å². The molecular weight excluding hydrogens is 346 g/mol. The number of likely N-dealkylation sites (tertiary alicyclic amines) is 1. The number of rotatable bonds is 6. The van der Waals surface area contributed by atoms with E-state index >= 15 is 0 Å². The Hall–Kier alpha value is -2.46. The highest BCUT2D eigenvalue weighted by molar-refractivity contribution is 5.33. The Kier molecular flexibility index (Phi) is 5.87. The Morgan fingerprint density at radius 1 is 0.821 bits per heavy atom. The van der Waals surface area contributed by atoms with E-state index in [4.69, 9.17) is 4.74 Å². The molecule has 3 nitrogen and oxygen atoms in total. The molecule has 28 heavy (non-hydrogen) atoms. The van der Waals surface area contributed by atoms with E-state index in [1.165, 1.54) is 5.56 Å². The molecule has 0 radical (unpaired) electrons. The summed E-state index contributed by atoms with van der Waals surface area (Å²) in [6.45, 7) is 2.79. The van der Waals surface area contributed by atoms with Gasteiger partial charge in [-0.05, 0) is 24.9 Å². The Labute approximate surface area is 167 Å². The molecule has 0 amide bonds. The molecule has 1 N–H and O–H groups in total. The van der Waals surface area contributed by atoms with Crippen molar-refractivity contribution in [2.45, 2.75) is 31.3 Å². The van der Waals surface area contributed by atoms with Crippen LogP contribution in [0.25, 0.3) is 0 Å². The second-order valence-corrected chi connectivity index (χ2v) is 7.48. The first-order chi connectivity index (χ1) is 13.7. The summed E-state index contributed by atoms with van der Waals surface area (Å²) in [5, 5.41) is 11.6. The zero-order valence-electron chi connectivity index (χ0n) is 16.1. The highest BCUT2D eigenvalue weighted by Crippen LogP contribution is 2.34. The van der Waals surface area contributed by atoms with E-state index in [1.807, 2.05) is 66.7 Å². The fourth-order valence-electron chi connectivity index (χ4n) is 3.97. The Balaban J connectivity index is 1.53. The highest BCUT2D eigenvalue weighted by Gasteiger charge is 2.36. The van der Waals surface area contributed by atoms with E-state index in [9.17, 15) is 5.11 Å². The van der Waals surface area contributed by atoms with Crippen molar-refractivity contribution in [2.75, 3.05) is 13.1 Å². The van der Waals surface area contributed by atoms with Gasteiger partial charge in [-0.1, -0.05) is 91.0 Å². The van der Waals surface area contributed by atoms with Crippen LogP contribution in [0.5, 0.6) is 0 Å². The van der Waals surface area contributed by atoms with E-state index in [0.717, 1.165) is 43.6 Å². The zero-order chi connectivity index (χ0) is 19.2. The van der Waals surface area contributed by atoms with Gasteiger partial charge in [0.2, 0.25) is 5.79 Å². The topological polar surface area (TPSA) is 32.7 Å². The number of nitrogens with zero attached hydrogens (tertiary/aromatic N) is 1. The van der Waals surface area contributed by atoms with Crippen LogP contribution in [0.2, 0.25) is 0 Å². The van der Waals surface area contributed by atoms with Gasteiger partial charge in [0, 0.05) is 24.2 Å². The van der Waals surface area contributed by atoms with Crippen molar-refractivity contribution in [1.82, 2.24) is 4.90 Å². The molecule has 1 fully saturated rings. The van der Waals surface area contributed by atoms with Gasteiger partial charge in [0.25, 0.3) is 0 Å². The maximum absolute atomic E-state index is 11.6. The summed E-state index contributed by atoms with van der Waals surface area (Å²) in [6.07, 6.45) is 1.99. The number of benzene rings is 3. The SMILES string of the molecule is OC(OC1CCCN(Cc2ccccc2)C1)(c1ccccc1)c1ccccc1. The summed E-state index contributed by atoms with van der Waals surface area (Å²) in [6, 6.07) is 29.9. The van der Waals surface area contributed by atoms with Crippen LogP contribution in [0.1, 0.15) is 29.5 Å². The normalized spacial score (nSPS) is 18.1. The fourth-order valence-corrected chi connectivity index (χ4v) is 3.97. The largest absolute Gasteiger partial charge is 0.358 e. The third kappa shape index (κ3) is 4.33. The molecule has 3 heteroatoms. The average molecular weight is 373 g/mol. The molecule has 1 heterocycles. The predicted molar refractivity (Wildman–Crippen MR) is 112 cm³/mol. The van der Waals surface area contributed by atoms with Gasteiger partial charge in [0.05, 0.1) is 6.10 Å². The number of piperidine rings is 1. The first-order valence-corrected chi connectivity index (χ1v) is 10.0. The second kappa shape index (κ2) is 8.70. The third-order valence-electron chi connectivity index (χ3n) is 5.38. The van der Waals surface area contributed by atoms with Crippen LogP contribution in [0.3, 0.4) is 0 Å². The van der Waals surface area contributed by atoms with Crippen LogP contribution in [0.15, 0.2) is 91.0 Å². The second-order valence-electron chi connectivity index (χ2n) is 7.48. The molecule has 1 atom stereocenters. The summed E-state index contributed by atoms with van der Waals surface area (Å²) in [5.74, 6) is -1.44. The minimum atomic E-state index is -1.44. The smallest absolute Gasteiger partial charge is 0.220 e. The maximum atomic E-state index is 11.6. The summed E-state index contributed by atoms with van der Waals surface area (Å²) >= 11 is 0. The van der Waals surface area contributed by atoms with Crippen LogP contribution in [0, 0.1) is 0 Å². The monoisotopic (exact) mass is 373 g/mol. The lowest BCUT2D eigenvalue weighted by molar-refractivity contribution is -0.219. The first kappa shape index (κ1) is 18.9. The molecular formula is C25H27NO2.